The normalized spacial score (nSPS) is 17.5. The molecule has 1 atom stereocenters. The van der Waals surface area contributed by atoms with E-state index in [2.05, 4.69) is 39.2 Å². The van der Waals surface area contributed by atoms with Gasteiger partial charge in [0.05, 0.1) is 11.5 Å². The summed E-state index contributed by atoms with van der Waals surface area (Å²) in [6.45, 7) is 8.42. The van der Waals surface area contributed by atoms with Gasteiger partial charge in [0.25, 0.3) is 0 Å². The van der Waals surface area contributed by atoms with E-state index in [9.17, 15) is 4.79 Å². The maximum absolute atomic E-state index is 12.5. The first-order valence-corrected chi connectivity index (χ1v) is 9.39. The van der Waals surface area contributed by atoms with Crippen LogP contribution in [0.15, 0.2) is 22.9 Å². The summed E-state index contributed by atoms with van der Waals surface area (Å²) in [6.07, 6.45) is 4.33. The zero-order chi connectivity index (χ0) is 18.5. The van der Waals surface area contributed by atoms with E-state index in [0.717, 1.165) is 30.8 Å². The van der Waals surface area contributed by atoms with Gasteiger partial charge in [-0.25, -0.2) is 4.98 Å². The van der Waals surface area contributed by atoms with Crippen molar-refractivity contribution in [1.29, 1.82) is 0 Å². The number of nitrogens with zero attached hydrogens (tertiary/aromatic N) is 4. The standard InChI is InChI=1S/C19H27N5O2/c1-4-16-22-17(23-26-16)15-8-5-9-20-18(15)24-10-6-7-14(12-24)19(25)21-11-13(2)3/h5,8-9,13-14H,4,6-7,10-12H2,1-3H3,(H,21,25)/t14-/m0/s1. The Kier molecular flexibility index (Phi) is 5.85. The van der Waals surface area contributed by atoms with Crippen molar-refractivity contribution in [2.75, 3.05) is 24.5 Å². The second-order valence-corrected chi connectivity index (χ2v) is 7.16. The molecule has 1 aliphatic rings. The number of aromatic nitrogens is 3. The Balaban J connectivity index is 1.77. The quantitative estimate of drug-likeness (QED) is 0.856. The predicted molar refractivity (Wildman–Crippen MR) is 99.7 cm³/mol. The molecule has 26 heavy (non-hydrogen) atoms. The number of hydrogen-bond donors (Lipinski definition) is 1. The predicted octanol–water partition coefficient (Wildman–Crippen LogP) is 2.68. The number of pyridine rings is 1. The SMILES string of the molecule is CCc1nc(-c2cccnc2N2CCC[C@H](C(=O)NCC(C)C)C2)no1. The van der Waals surface area contributed by atoms with Gasteiger partial charge in [-0.2, -0.15) is 4.98 Å². The van der Waals surface area contributed by atoms with E-state index >= 15 is 0 Å². The molecule has 3 heterocycles. The van der Waals surface area contributed by atoms with Crippen molar-refractivity contribution in [2.45, 2.75) is 40.0 Å². The minimum Gasteiger partial charge on any atom is -0.356 e. The molecule has 0 bridgehead atoms. The molecule has 1 amide bonds. The molecule has 3 rings (SSSR count). The van der Waals surface area contributed by atoms with Crippen LogP contribution in [0.5, 0.6) is 0 Å². The van der Waals surface area contributed by atoms with Crippen molar-refractivity contribution < 1.29 is 9.32 Å². The molecule has 0 aliphatic carbocycles. The first-order valence-electron chi connectivity index (χ1n) is 9.39. The highest BCUT2D eigenvalue weighted by Crippen LogP contribution is 2.30. The molecule has 1 aliphatic heterocycles. The molecule has 0 radical (unpaired) electrons. The Morgan fingerprint density at radius 3 is 3.04 bits per heavy atom. The van der Waals surface area contributed by atoms with Crippen LogP contribution in [0.25, 0.3) is 11.4 Å². The lowest BCUT2D eigenvalue weighted by atomic mass is 9.96. The smallest absolute Gasteiger partial charge is 0.226 e. The fourth-order valence-electron chi connectivity index (χ4n) is 3.16. The average molecular weight is 357 g/mol. The molecule has 0 unspecified atom stereocenters. The highest BCUT2D eigenvalue weighted by atomic mass is 16.5. The van der Waals surface area contributed by atoms with E-state index in [-0.39, 0.29) is 11.8 Å². The van der Waals surface area contributed by atoms with Crippen LogP contribution in [0.4, 0.5) is 5.82 Å². The van der Waals surface area contributed by atoms with Crippen LogP contribution >= 0.6 is 0 Å². The number of carbonyl (C=O) groups excluding carboxylic acids is 1. The van der Waals surface area contributed by atoms with Crippen LogP contribution in [0, 0.1) is 11.8 Å². The van der Waals surface area contributed by atoms with Crippen molar-refractivity contribution in [3.05, 3.63) is 24.2 Å². The molecule has 7 heteroatoms. The Bertz CT molecular complexity index is 743. The molecule has 2 aromatic rings. The van der Waals surface area contributed by atoms with Crippen molar-refractivity contribution >= 4 is 11.7 Å². The largest absolute Gasteiger partial charge is 0.356 e. The van der Waals surface area contributed by atoms with Gasteiger partial charge in [-0.05, 0) is 30.9 Å². The van der Waals surface area contributed by atoms with E-state index in [4.69, 9.17) is 4.52 Å². The van der Waals surface area contributed by atoms with E-state index < -0.39 is 0 Å². The van der Waals surface area contributed by atoms with Gasteiger partial charge in [-0.1, -0.05) is 25.9 Å². The number of rotatable bonds is 6. The molecular formula is C19H27N5O2. The van der Waals surface area contributed by atoms with Crippen LogP contribution in [-0.4, -0.2) is 40.7 Å². The molecule has 1 N–H and O–H groups in total. The van der Waals surface area contributed by atoms with Crippen molar-refractivity contribution in [1.82, 2.24) is 20.4 Å². The Morgan fingerprint density at radius 2 is 2.31 bits per heavy atom. The molecule has 0 saturated carbocycles. The summed E-state index contributed by atoms with van der Waals surface area (Å²) >= 11 is 0. The lowest BCUT2D eigenvalue weighted by Gasteiger charge is -2.33. The molecule has 1 saturated heterocycles. The first kappa shape index (κ1) is 18.4. The van der Waals surface area contributed by atoms with Crippen LogP contribution < -0.4 is 10.2 Å². The van der Waals surface area contributed by atoms with E-state index in [1.165, 1.54) is 0 Å². The zero-order valence-corrected chi connectivity index (χ0v) is 15.7. The summed E-state index contributed by atoms with van der Waals surface area (Å²) in [6, 6.07) is 3.83. The number of amides is 1. The lowest BCUT2D eigenvalue weighted by Crippen LogP contribution is -2.44. The average Bonchev–Trinajstić information content (AvgIpc) is 3.15. The molecule has 2 aromatic heterocycles. The maximum Gasteiger partial charge on any atom is 0.226 e. The van der Waals surface area contributed by atoms with Crippen LogP contribution in [0.3, 0.4) is 0 Å². The van der Waals surface area contributed by atoms with Gasteiger partial charge in [-0.3, -0.25) is 4.79 Å². The van der Waals surface area contributed by atoms with Crippen LogP contribution in [0.1, 0.15) is 39.5 Å². The van der Waals surface area contributed by atoms with Crippen molar-refractivity contribution in [3.63, 3.8) is 0 Å². The number of hydrogen-bond acceptors (Lipinski definition) is 6. The molecular weight excluding hydrogens is 330 g/mol. The Labute approximate surface area is 154 Å². The molecule has 0 aromatic carbocycles. The number of carbonyl (C=O) groups is 1. The van der Waals surface area contributed by atoms with E-state index in [1.54, 1.807) is 6.20 Å². The van der Waals surface area contributed by atoms with Gasteiger partial charge >= 0.3 is 0 Å². The number of nitrogens with one attached hydrogen (secondary N) is 1. The zero-order valence-electron chi connectivity index (χ0n) is 15.7. The van der Waals surface area contributed by atoms with Crippen LogP contribution in [-0.2, 0) is 11.2 Å². The highest BCUT2D eigenvalue weighted by molar-refractivity contribution is 5.80. The number of aryl methyl sites for hydroxylation is 1. The first-order chi connectivity index (χ1) is 12.6. The molecule has 0 spiro atoms. The summed E-state index contributed by atoms with van der Waals surface area (Å²) in [5.41, 5.74) is 0.846. The molecule has 140 valence electrons. The summed E-state index contributed by atoms with van der Waals surface area (Å²) in [5, 5.41) is 7.14. The second-order valence-electron chi connectivity index (χ2n) is 7.16. The topological polar surface area (TPSA) is 84.2 Å². The second kappa shape index (κ2) is 8.29. The third kappa shape index (κ3) is 4.20. The summed E-state index contributed by atoms with van der Waals surface area (Å²) in [5.74, 6) is 2.54. The highest BCUT2D eigenvalue weighted by Gasteiger charge is 2.28. The van der Waals surface area contributed by atoms with Crippen molar-refractivity contribution in [3.8, 4) is 11.4 Å². The van der Waals surface area contributed by atoms with Crippen molar-refractivity contribution in [2.24, 2.45) is 11.8 Å². The number of piperidine rings is 1. The van der Waals surface area contributed by atoms with Gasteiger partial charge < -0.3 is 14.7 Å². The molecule has 1 fully saturated rings. The van der Waals surface area contributed by atoms with Crippen LogP contribution in [0.2, 0.25) is 0 Å². The third-order valence-electron chi connectivity index (χ3n) is 4.57. The Morgan fingerprint density at radius 1 is 1.46 bits per heavy atom. The van der Waals surface area contributed by atoms with Gasteiger partial charge in [0.1, 0.15) is 5.82 Å². The fourth-order valence-corrected chi connectivity index (χ4v) is 3.16. The van der Waals surface area contributed by atoms with E-state index in [0.29, 0.717) is 37.1 Å². The Hall–Kier alpha value is -2.44. The monoisotopic (exact) mass is 357 g/mol. The lowest BCUT2D eigenvalue weighted by molar-refractivity contribution is -0.125. The minimum absolute atomic E-state index is 0.0196. The molecule has 7 nitrogen and oxygen atoms in total. The van der Waals surface area contributed by atoms with Gasteiger partial charge in [0.15, 0.2) is 0 Å². The summed E-state index contributed by atoms with van der Waals surface area (Å²) in [7, 11) is 0. The van der Waals surface area contributed by atoms with Gasteiger partial charge in [-0.15, -0.1) is 0 Å². The maximum atomic E-state index is 12.5. The summed E-state index contributed by atoms with van der Waals surface area (Å²) < 4.78 is 5.25. The van der Waals surface area contributed by atoms with Gasteiger partial charge in [0, 0.05) is 32.3 Å². The third-order valence-corrected chi connectivity index (χ3v) is 4.57. The minimum atomic E-state index is -0.0196. The number of anilines is 1. The van der Waals surface area contributed by atoms with E-state index in [1.807, 2.05) is 19.1 Å². The fraction of sp³-hybridized carbons (Fsp3) is 0.579. The van der Waals surface area contributed by atoms with Gasteiger partial charge in [0.2, 0.25) is 17.6 Å². The summed E-state index contributed by atoms with van der Waals surface area (Å²) in [4.78, 5) is 23.6.